The molecule has 0 aliphatic heterocycles. The fourth-order valence-electron chi connectivity index (χ4n) is 0. The smallest absolute Gasteiger partial charge is 0.172 e. The third kappa shape index (κ3) is 604. The number of hydrogen-bond donors (Lipinski definition) is 0. The average Bonchev–Trinajstić information content (AvgIpc) is 1.41. The Bertz CT molecular complexity index is 89.7. The summed E-state index contributed by atoms with van der Waals surface area (Å²) < 4.78 is 17.6. The van der Waals surface area contributed by atoms with Gasteiger partial charge < -0.3 is 0 Å². The lowest BCUT2D eigenvalue weighted by atomic mass is 11.3. The molecular weight excluding hydrogens is 120 g/mol. The van der Waals surface area contributed by atoms with Gasteiger partial charge in [0.2, 0.25) is 0 Å². The molecule has 0 rings (SSSR count). The lowest BCUT2D eigenvalue weighted by molar-refractivity contribution is 0.628. The SMILES string of the molecule is C=C.O=S(=O)=S. The van der Waals surface area contributed by atoms with Gasteiger partial charge in [-0.05, 0) is 0 Å². The molecule has 0 unspecified atom stereocenters. The van der Waals surface area contributed by atoms with E-state index in [9.17, 15) is 0 Å². The topological polar surface area (TPSA) is 34.1 Å². The maximum Gasteiger partial charge on any atom is 0.284 e. The van der Waals surface area contributed by atoms with Crippen LogP contribution in [0.25, 0.3) is 0 Å². The fraction of sp³-hybridized carbons (Fsp3) is 0. The Kier molecular flexibility index (Phi) is 13.6. The van der Waals surface area contributed by atoms with Crippen LogP contribution in [-0.2, 0) is 20.5 Å². The fourth-order valence-corrected chi connectivity index (χ4v) is 0. The molecule has 0 atom stereocenters. The Morgan fingerprint density at radius 2 is 1.33 bits per heavy atom. The van der Waals surface area contributed by atoms with Crippen molar-refractivity contribution in [3.05, 3.63) is 13.2 Å². The van der Waals surface area contributed by atoms with Crippen LogP contribution in [0.1, 0.15) is 0 Å². The predicted molar refractivity (Wildman–Crippen MR) is 27.5 cm³/mol. The van der Waals surface area contributed by atoms with Crippen molar-refractivity contribution in [2.45, 2.75) is 0 Å². The van der Waals surface area contributed by atoms with Crippen molar-refractivity contribution in [1.29, 1.82) is 0 Å². The highest BCUT2D eigenvalue weighted by atomic mass is 32.8. The number of hydrogen-bond acceptors (Lipinski definition) is 3. The summed E-state index contributed by atoms with van der Waals surface area (Å²) in [5, 5.41) is 0. The van der Waals surface area contributed by atoms with Crippen molar-refractivity contribution in [2.75, 3.05) is 0 Å². The van der Waals surface area contributed by atoms with E-state index in [0.717, 1.165) is 0 Å². The van der Waals surface area contributed by atoms with Crippen LogP contribution in [-0.4, -0.2) is 8.42 Å². The van der Waals surface area contributed by atoms with Gasteiger partial charge in [0.05, 0.1) is 11.2 Å². The quantitative estimate of drug-likeness (QED) is 0.430. The minimum absolute atomic E-state index is 2.28. The summed E-state index contributed by atoms with van der Waals surface area (Å²) in [6.45, 7) is 6.00. The summed E-state index contributed by atoms with van der Waals surface area (Å²) in [4.78, 5) is 0. The molecule has 0 fully saturated rings. The molecule has 0 bridgehead atoms. The summed E-state index contributed by atoms with van der Waals surface area (Å²) >= 11 is 3.54. The Morgan fingerprint density at radius 3 is 1.33 bits per heavy atom. The lowest BCUT2D eigenvalue weighted by Crippen LogP contribution is -1.35. The van der Waals surface area contributed by atoms with Crippen molar-refractivity contribution < 1.29 is 8.42 Å². The summed E-state index contributed by atoms with van der Waals surface area (Å²) in [6.07, 6.45) is 0. The summed E-state index contributed by atoms with van der Waals surface area (Å²) in [7, 11) is -2.28. The molecule has 0 saturated heterocycles. The van der Waals surface area contributed by atoms with Gasteiger partial charge in [-0.25, -0.2) is 0 Å². The van der Waals surface area contributed by atoms with Crippen molar-refractivity contribution >= 4 is 20.5 Å². The van der Waals surface area contributed by atoms with Crippen LogP contribution >= 0.6 is 0 Å². The van der Waals surface area contributed by atoms with Crippen molar-refractivity contribution in [3.63, 3.8) is 0 Å². The van der Waals surface area contributed by atoms with E-state index in [-0.39, 0.29) is 0 Å². The van der Waals surface area contributed by atoms with Crippen molar-refractivity contribution in [1.82, 2.24) is 0 Å². The Hall–Kier alpha value is -0.220. The minimum Gasteiger partial charge on any atom is -0.172 e. The van der Waals surface area contributed by atoms with Gasteiger partial charge in [0, 0.05) is 0 Å². The van der Waals surface area contributed by atoms with E-state index >= 15 is 0 Å². The van der Waals surface area contributed by atoms with E-state index in [1.54, 1.807) is 0 Å². The van der Waals surface area contributed by atoms with E-state index in [1.165, 1.54) is 0 Å². The van der Waals surface area contributed by atoms with E-state index in [4.69, 9.17) is 8.42 Å². The van der Waals surface area contributed by atoms with Crippen LogP contribution < -0.4 is 0 Å². The molecule has 0 heterocycles. The highest BCUT2D eigenvalue weighted by Gasteiger charge is 1.34. The van der Waals surface area contributed by atoms with Gasteiger partial charge in [-0.3, -0.25) is 0 Å². The first-order chi connectivity index (χ1) is 2.73. The molecular formula is C2H4O2S2. The minimum atomic E-state index is -2.28. The van der Waals surface area contributed by atoms with Gasteiger partial charge in [0.25, 0.3) is 9.26 Å². The zero-order valence-corrected chi connectivity index (χ0v) is 4.68. The molecule has 0 aromatic rings. The molecule has 0 radical (unpaired) electrons. The van der Waals surface area contributed by atoms with Gasteiger partial charge in [-0.2, -0.15) is 8.42 Å². The van der Waals surface area contributed by atoms with Crippen molar-refractivity contribution in [2.24, 2.45) is 0 Å². The lowest BCUT2D eigenvalue weighted by Gasteiger charge is -1.15. The second-order valence-corrected chi connectivity index (χ2v) is 1.43. The summed E-state index contributed by atoms with van der Waals surface area (Å²) in [5.41, 5.74) is 0. The molecule has 4 heteroatoms. The highest BCUT2D eigenvalue weighted by Crippen LogP contribution is 1.13. The first-order valence-corrected chi connectivity index (χ1v) is 3.00. The largest absolute Gasteiger partial charge is 0.284 e. The zero-order chi connectivity index (χ0) is 5.58. The molecule has 0 aromatic heterocycles. The van der Waals surface area contributed by atoms with Crippen LogP contribution in [0.3, 0.4) is 0 Å². The molecule has 0 aliphatic carbocycles. The van der Waals surface area contributed by atoms with Crippen LogP contribution in [0.4, 0.5) is 0 Å². The summed E-state index contributed by atoms with van der Waals surface area (Å²) in [6, 6.07) is 0. The maximum atomic E-state index is 8.81. The van der Waals surface area contributed by atoms with Crippen LogP contribution in [0.2, 0.25) is 0 Å². The van der Waals surface area contributed by atoms with E-state index in [0.29, 0.717) is 0 Å². The maximum absolute atomic E-state index is 8.81. The number of rotatable bonds is 0. The Balaban J connectivity index is 0. The monoisotopic (exact) mass is 124 g/mol. The first-order valence-electron chi connectivity index (χ1n) is 1.00. The van der Waals surface area contributed by atoms with Crippen molar-refractivity contribution in [3.8, 4) is 0 Å². The van der Waals surface area contributed by atoms with Crippen LogP contribution in [0, 0.1) is 0 Å². The second-order valence-electron chi connectivity index (χ2n) is 0.204. The molecule has 2 nitrogen and oxygen atoms in total. The van der Waals surface area contributed by atoms with Gasteiger partial charge in [-0.1, -0.05) is 0 Å². The zero-order valence-electron chi connectivity index (χ0n) is 3.05. The molecule has 0 aromatic carbocycles. The van der Waals surface area contributed by atoms with E-state index in [1.807, 2.05) is 0 Å². The van der Waals surface area contributed by atoms with E-state index in [2.05, 4.69) is 24.3 Å². The molecule has 0 amide bonds. The van der Waals surface area contributed by atoms with Gasteiger partial charge >= 0.3 is 0 Å². The Labute approximate surface area is 42.7 Å². The standard InChI is InChI=1S/C2H4.O2S2/c1-2;1-4(2)3/h1-2H2;. The third-order valence-corrected chi connectivity index (χ3v) is 0. The first kappa shape index (κ1) is 9.24. The molecule has 0 saturated carbocycles. The summed E-state index contributed by atoms with van der Waals surface area (Å²) in [5.74, 6) is 0. The molecule has 0 N–H and O–H groups in total. The molecule has 0 spiro atoms. The van der Waals surface area contributed by atoms with E-state index < -0.39 is 9.26 Å². The Morgan fingerprint density at radius 1 is 1.33 bits per heavy atom. The second kappa shape index (κ2) is 8.84. The van der Waals surface area contributed by atoms with Crippen LogP contribution in [0.5, 0.6) is 0 Å². The average molecular weight is 124 g/mol. The predicted octanol–water partition coefficient (Wildman–Crippen LogP) is 0.130. The van der Waals surface area contributed by atoms with Gasteiger partial charge in [0.15, 0.2) is 0 Å². The molecule has 6 heavy (non-hydrogen) atoms. The molecule has 36 valence electrons. The molecule has 0 aliphatic rings. The third-order valence-electron chi connectivity index (χ3n) is 0. The normalized spacial score (nSPS) is 4.67. The highest BCUT2D eigenvalue weighted by molar-refractivity contribution is 8.14. The van der Waals surface area contributed by atoms with Gasteiger partial charge in [-0.15, -0.1) is 13.2 Å². The van der Waals surface area contributed by atoms with Gasteiger partial charge in [0.1, 0.15) is 0 Å². The van der Waals surface area contributed by atoms with Crippen LogP contribution in [0.15, 0.2) is 13.2 Å².